The van der Waals surface area contributed by atoms with E-state index in [9.17, 15) is 4.79 Å². The summed E-state index contributed by atoms with van der Waals surface area (Å²) in [6.07, 6.45) is 4.87. The number of unbranched alkanes of at least 4 members (excludes halogenated alkanes) is 1. The molecular weight excluding hydrogens is 276 g/mol. The summed E-state index contributed by atoms with van der Waals surface area (Å²) in [4.78, 5) is 11.6. The van der Waals surface area contributed by atoms with Gasteiger partial charge >= 0.3 is 5.97 Å². The number of methoxy groups -OCH3 is 1. The minimum absolute atomic E-state index is 0.164. The van der Waals surface area contributed by atoms with Crippen LogP contribution in [0.4, 0.5) is 0 Å². The van der Waals surface area contributed by atoms with E-state index in [1.807, 2.05) is 6.26 Å². The summed E-state index contributed by atoms with van der Waals surface area (Å²) in [5, 5.41) is 7.90. The zero-order valence-corrected chi connectivity index (χ0v) is 12.6. The quantitative estimate of drug-likeness (QED) is 0.568. The molecule has 0 aliphatic carbocycles. The lowest BCUT2D eigenvalue weighted by Gasteiger charge is -2.11. The van der Waals surface area contributed by atoms with Gasteiger partial charge in [0.15, 0.2) is 8.68 Å². The molecule has 1 rings (SSSR count). The van der Waals surface area contributed by atoms with Crippen LogP contribution >= 0.6 is 34.9 Å². The molecular formula is C10H16N2O2S3. The first kappa shape index (κ1) is 14.8. The molecule has 0 saturated heterocycles. The van der Waals surface area contributed by atoms with Crippen LogP contribution in [0.1, 0.15) is 26.2 Å². The highest BCUT2D eigenvalue weighted by Gasteiger charge is 2.21. The van der Waals surface area contributed by atoms with E-state index < -0.39 is 0 Å². The third kappa shape index (κ3) is 4.85. The molecule has 7 heteroatoms. The number of aromatic nitrogens is 2. The molecule has 1 aromatic rings. The Balaban J connectivity index is 2.61. The number of carbonyl (C=O) groups is 1. The second-order valence-electron chi connectivity index (χ2n) is 3.31. The van der Waals surface area contributed by atoms with Crippen LogP contribution in [0.5, 0.6) is 0 Å². The highest BCUT2D eigenvalue weighted by atomic mass is 32.2. The van der Waals surface area contributed by atoms with Crippen molar-refractivity contribution >= 4 is 40.8 Å². The summed E-state index contributed by atoms with van der Waals surface area (Å²) < 4.78 is 6.56. The first-order valence-electron chi connectivity index (χ1n) is 5.33. The van der Waals surface area contributed by atoms with Crippen LogP contribution in [0.2, 0.25) is 0 Å². The summed E-state index contributed by atoms with van der Waals surface area (Å²) >= 11 is 4.54. The van der Waals surface area contributed by atoms with Gasteiger partial charge in [0.2, 0.25) is 0 Å². The molecule has 0 saturated carbocycles. The maximum absolute atomic E-state index is 11.6. The van der Waals surface area contributed by atoms with Crippen molar-refractivity contribution in [3.8, 4) is 0 Å². The topological polar surface area (TPSA) is 52.1 Å². The van der Waals surface area contributed by atoms with Crippen LogP contribution in [0, 0.1) is 0 Å². The fourth-order valence-corrected chi connectivity index (χ4v) is 3.94. The molecule has 17 heavy (non-hydrogen) atoms. The highest BCUT2D eigenvalue weighted by Crippen LogP contribution is 2.32. The van der Waals surface area contributed by atoms with E-state index in [1.165, 1.54) is 30.2 Å². The molecule has 96 valence electrons. The molecule has 0 radical (unpaired) electrons. The van der Waals surface area contributed by atoms with Gasteiger partial charge in [-0.05, 0) is 12.7 Å². The third-order valence-corrected chi connectivity index (χ3v) is 5.32. The van der Waals surface area contributed by atoms with Gasteiger partial charge < -0.3 is 4.74 Å². The van der Waals surface area contributed by atoms with E-state index in [1.54, 1.807) is 11.8 Å². The third-order valence-electron chi connectivity index (χ3n) is 2.09. The smallest absolute Gasteiger partial charge is 0.319 e. The largest absolute Gasteiger partial charge is 0.468 e. The first-order valence-corrected chi connectivity index (χ1v) is 8.25. The van der Waals surface area contributed by atoms with Gasteiger partial charge in [-0.2, -0.15) is 0 Å². The van der Waals surface area contributed by atoms with Crippen molar-refractivity contribution in [3.63, 3.8) is 0 Å². The van der Waals surface area contributed by atoms with Crippen molar-refractivity contribution < 1.29 is 9.53 Å². The molecule has 1 aromatic heterocycles. The molecule has 1 heterocycles. The lowest BCUT2D eigenvalue weighted by atomic mass is 10.2. The van der Waals surface area contributed by atoms with Crippen molar-refractivity contribution in [2.24, 2.45) is 0 Å². The minimum atomic E-state index is -0.177. The summed E-state index contributed by atoms with van der Waals surface area (Å²) in [6.45, 7) is 2.11. The van der Waals surface area contributed by atoms with Crippen molar-refractivity contribution in [1.29, 1.82) is 0 Å². The van der Waals surface area contributed by atoms with Crippen LogP contribution in [0.25, 0.3) is 0 Å². The second kappa shape index (κ2) is 7.94. The zero-order valence-electron chi connectivity index (χ0n) is 10.1. The molecule has 0 aromatic carbocycles. The van der Waals surface area contributed by atoms with Crippen LogP contribution in [0.3, 0.4) is 0 Å². The fourth-order valence-electron chi connectivity index (χ4n) is 1.19. The average molecular weight is 292 g/mol. The van der Waals surface area contributed by atoms with Gasteiger partial charge in [-0.25, -0.2) is 0 Å². The van der Waals surface area contributed by atoms with Crippen LogP contribution in [-0.4, -0.2) is 34.8 Å². The maximum atomic E-state index is 11.6. The lowest BCUT2D eigenvalue weighted by molar-refractivity contribution is -0.140. The number of hydrogen-bond acceptors (Lipinski definition) is 7. The molecule has 4 nitrogen and oxygen atoms in total. The molecule has 0 bridgehead atoms. The van der Waals surface area contributed by atoms with E-state index >= 15 is 0 Å². The van der Waals surface area contributed by atoms with Crippen LogP contribution in [-0.2, 0) is 9.53 Å². The number of rotatable bonds is 7. The van der Waals surface area contributed by atoms with Crippen molar-refractivity contribution in [1.82, 2.24) is 10.2 Å². The molecule has 0 aliphatic heterocycles. The van der Waals surface area contributed by atoms with Gasteiger partial charge in [0.25, 0.3) is 0 Å². The van der Waals surface area contributed by atoms with Crippen LogP contribution in [0.15, 0.2) is 8.68 Å². The van der Waals surface area contributed by atoms with E-state index in [2.05, 4.69) is 17.1 Å². The highest BCUT2D eigenvalue weighted by molar-refractivity contribution is 8.03. The molecule has 1 unspecified atom stereocenters. The Kier molecular flexibility index (Phi) is 6.91. The number of nitrogens with zero attached hydrogens (tertiary/aromatic N) is 2. The Labute approximate surface area is 114 Å². The minimum Gasteiger partial charge on any atom is -0.468 e. The van der Waals surface area contributed by atoms with Gasteiger partial charge in [0.1, 0.15) is 5.25 Å². The Morgan fingerprint density at radius 1 is 1.47 bits per heavy atom. The molecule has 1 atom stereocenters. The van der Waals surface area contributed by atoms with Gasteiger partial charge in [-0.1, -0.05) is 54.6 Å². The number of thioether (sulfide) groups is 2. The standard InChI is InChI=1S/C10H16N2O2S3/c1-4-5-6-7(8(13)14-2)16-10-12-11-9(15-3)17-10/h7H,4-6H2,1-3H3. The molecule has 0 spiro atoms. The normalized spacial score (nSPS) is 12.4. The molecule has 0 N–H and O–H groups in total. The Morgan fingerprint density at radius 3 is 2.71 bits per heavy atom. The fraction of sp³-hybridized carbons (Fsp3) is 0.700. The summed E-state index contributed by atoms with van der Waals surface area (Å²) in [5.41, 5.74) is 0. The number of esters is 1. The Morgan fingerprint density at radius 2 is 2.18 bits per heavy atom. The second-order valence-corrected chi connectivity index (χ2v) is 6.79. The van der Waals surface area contributed by atoms with Gasteiger partial charge in [0.05, 0.1) is 7.11 Å². The summed E-state index contributed by atoms with van der Waals surface area (Å²) in [7, 11) is 1.43. The van der Waals surface area contributed by atoms with E-state index in [4.69, 9.17) is 4.74 Å². The predicted molar refractivity (Wildman–Crippen MR) is 72.9 cm³/mol. The Bertz CT molecular complexity index is 357. The van der Waals surface area contributed by atoms with Gasteiger partial charge in [-0.15, -0.1) is 10.2 Å². The van der Waals surface area contributed by atoms with Crippen molar-refractivity contribution in [2.75, 3.05) is 13.4 Å². The van der Waals surface area contributed by atoms with Gasteiger partial charge in [-0.3, -0.25) is 4.79 Å². The monoisotopic (exact) mass is 292 g/mol. The van der Waals surface area contributed by atoms with E-state index in [0.717, 1.165) is 27.9 Å². The van der Waals surface area contributed by atoms with E-state index in [0.29, 0.717) is 0 Å². The predicted octanol–water partition coefficient (Wildman–Crippen LogP) is 3.08. The van der Waals surface area contributed by atoms with Crippen LogP contribution < -0.4 is 0 Å². The lowest BCUT2D eigenvalue weighted by Crippen LogP contribution is -2.18. The Hall–Kier alpha value is -0.270. The average Bonchev–Trinajstić information content (AvgIpc) is 2.81. The molecule has 0 fully saturated rings. The van der Waals surface area contributed by atoms with Crippen molar-refractivity contribution in [2.45, 2.75) is 40.1 Å². The van der Waals surface area contributed by atoms with E-state index in [-0.39, 0.29) is 11.2 Å². The zero-order chi connectivity index (χ0) is 12.7. The number of ether oxygens (including phenoxy) is 1. The van der Waals surface area contributed by atoms with Crippen molar-refractivity contribution in [3.05, 3.63) is 0 Å². The molecule has 0 amide bonds. The first-order chi connectivity index (χ1) is 8.21. The summed E-state index contributed by atoms with van der Waals surface area (Å²) in [6, 6.07) is 0. The maximum Gasteiger partial charge on any atom is 0.319 e. The SMILES string of the molecule is CCCCC(Sc1nnc(SC)s1)C(=O)OC. The molecule has 0 aliphatic rings. The van der Waals surface area contributed by atoms with Gasteiger partial charge in [0, 0.05) is 0 Å². The summed E-state index contributed by atoms with van der Waals surface area (Å²) in [5.74, 6) is -0.177. The number of hydrogen-bond donors (Lipinski definition) is 0. The number of carbonyl (C=O) groups excluding carboxylic acids is 1.